The number of nitrogens with zero attached hydrogens (tertiary/aromatic N) is 2. The smallest absolute Gasteiger partial charge is 0.229 e. The second-order valence-electron chi connectivity index (χ2n) is 6.14. The molecule has 0 bridgehead atoms. The van der Waals surface area contributed by atoms with Gasteiger partial charge in [0.15, 0.2) is 0 Å². The van der Waals surface area contributed by atoms with Crippen LogP contribution in [0.1, 0.15) is 25.0 Å². The summed E-state index contributed by atoms with van der Waals surface area (Å²) in [6.45, 7) is 8.42. The zero-order chi connectivity index (χ0) is 16.4. The third-order valence-corrected chi connectivity index (χ3v) is 3.79. The van der Waals surface area contributed by atoms with E-state index in [1.54, 1.807) is 0 Å². The minimum Gasteiger partial charge on any atom is -0.367 e. The van der Waals surface area contributed by atoms with Crippen molar-refractivity contribution in [2.45, 2.75) is 33.7 Å². The number of fused-ring (bicyclic) bond motifs is 1. The number of benzene rings is 2. The summed E-state index contributed by atoms with van der Waals surface area (Å²) < 4.78 is 0. The highest BCUT2D eigenvalue weighted by atomic mass is 15.1. The maximum atomic E-state index is 4.66. The maximum Gasteiger partial charge on any atom is 0.229 e. The molecular weight excluding hydrogens is 284 g/mol. The van der Waals surface area contributed by atoms with Gasteiger partial charge in [-0.3, -0.25) is 0 Å². The van der Waals surface area contributed by atoms with Gasteiger partial charge in [0.25, 0.3) is 0 Å². The molecule has 0 atom stereocenters. The van der Waals surface area contributed by atoms with Crippen LogP contribution in [0.5, 0.6) is 0 Å². The van der Waals surface area contributed by atoms with Gasteiger partial charge in [0, 0.05) is 17.1 Å². The quantitative estimate of drug-likeness (QED) is 0.726. The number of nitrogens with one attached hydrogen (secondary N) is 2. The molecule has 0 amide bonds. The Labute approximate surface area is 137 Å². The molecule has 4 heteroatoms. The summed E-state index contributed by atoms with van der Waals surface area (Å²) in [7, 11) is 0. The molecule has 2 aromatic carbocycles. The molecule has 0 aliphatic rings. The van der Waals surface area contributed by atoms with Crippen molar-refractivity contribution in [2.24, 2.45) is 0 Å². The van der Waals surface area contributed by atoms with Gasteiger partial charge in [0.05, 0.1) is 5.52 Å². The van der Waals surface area contributed by atoms with Crippen molar-refractivity contribution in [3.63, 3.8) is 0 Å². The summed E-state index contributed by atoms with van der Waals surface area (Å²) in [6, 6.07) is 14.6. The summed E-state index contributed by atoms with van der Waals surface area (Å²) in [5, 5.41) is 7.75. The molecule has 1 aromatic heterocycles. The van der Waals surface area contributed by atoms with Crippen LogP contribution in [0.3, 0.4) is 0 Å². The predicted octanol–water partition coefficient (Wildman–Crippen LogP) is 4.81. The molecule has 118 valence electrons. The largest absolute Gasteiger partial charge is 0.367 e. The van der Waals surface area contributed by atoms with Crippen molar-refractivity contribution in [2.75, 3.05) is 10.6 Å². The van der Waals surface area contributed by atoms with Gasteiger partial charge < -0.3 is 10.6 Å². The lowest BCUT2D eigenvalue weighted by molar-refractivity contribution is 0.891. The van der Waals surface area contributed by atoms with Crippen molar-refractivity contribution in [1.82, 2.24) is 9.97 Å². The first-order chi connectivity index (χ1) is 11.0. The molecule has 0 aliphatic heterocycles. The van der Waals surface area contributed by atoms with Crippen LogP contribution < -0.4 is 10.6 Å². The Balaban J connectivity index is 2.01. The molecule has 3 aromatic rings. The minimum atomic E-state index is 0.308. The van der Waals surface area contributed by atoms with E-state index >= 15 is 0 Å². The van der Waals surface area contributed by atoms with E-state index in [2.05, 4.69) is 66.5 Å². The molecule has 0 radical (unpaired) electrons. The second kappa shape index (κ2) is 6.24. The van der Waals surface area contributed by atoms with Crippen LogP contribution in [0.25, 0.3) is 10.9 Å². The lowest BCUT2D eigenvalue weighted by atomic mass is 10.1. The summed E-state index contributed by atoms with van der Waals surface area (Å²) in [6.07, 6.45) is 0. The van der Waals surface area contributed by atoms with Crippen molar-refractivity contribution >= 4 is 28.4 Å². The fourth-order valence-corrected chi connectivity index (χ4v) is 2.46. The third kappa shape index (κ3) is 3.42. The zero-order valence-corrected chi connectivity index (χ0v) is 14.0. The number of aromatic nitrogens is 2. The fraction of sp³-hybridized carbons (Fsp3) is 0.263. The molecule has 0 saturated heterocycles. The standard InChI is InChI=1S/C19H22N4/c1-12(2)20-18-16-7-5-6-8-17(16)22-19(23-18)21-15-10-9-13(3)14(4)11-15/h5-12H,1-4H3,(H2,20,21,22,23). The van der Waals surface area contributed by atoms with Crippen LogP contribution in [0.15, 0.2) is 42.5 Å². The Bertz CT molecular complexity index is 840. The van der Waals surface area contributed by atoms with Gasteiger partial charge in [0.1, 0.15) is 5.82 Å². The van der Waals surface area contributed by atoms with Gasteiger partial charge in [-0.1, -0.05) is 18.2 Å². The molecule has 3 rings (SSSR count). The number of hydrogen-bond donors (Lipinski definition) is 2. The van der Waals surface area contributed by atoms with Gasteiger partial charge in [-0.15, -0.1) is 0 Å². The van der Waals surface area contributed by atoms with E-state index in [-0.39, 0.29) is 0 Å². The van der Waals surface area contributed by atoms with Crippen molar-refractivity contribution in [1.29, 1.82) is 0 Å². The normalized spacial score (nSPS) is 11.0. The average Bonchev–Trinajstić information content (AvgIpc) is 2.50. The van der Waals surface area contributed by atoms with E-state index in [0.29, 0.717) is 12.0 Å². The second-order valence-corrected chi connectivity index (χ2v) is 6.14. The maximum absolute atomic E-state index is 4.66. The molecule has 0 spiro atoms. The number of hydrogen-bond acceptors (Lipinski definition) is 4. The molecule has 0 saturated carbocycles. The minimum absolute atomic E-state index is 0.308. The first-order valence-electron chi connectivity index (χ1n) is 7.90. The zero-order valence-electron chi connectivity index (χ0n) is 14.0. The lowest BCUT2D eigenvalue weighted by Crippen LogP contribution is -2.12. The number of aryl methyl sites for hydroxylation is 2. The molecule has 4 nitrogen and oxygen atoms in total. The summed E-state index contributed by atoms with van der Waals surface area (Å²) in [4.78, 5) is 9.28. The summed E-state index contributed by atoms with van der Waals surface area (Å²) >= 11 is 0. The van der Waals surface area contributed by atoms with E-state index < -0.39 is 0 Å². The highest BCUT2D eigenvalue weighted by Crippen LogP contribution is 2.24. The highest BCUT2D eigenvalue weighted by molar-refractivity contribution is 5.90. The van der Waals surface area contributed by atoms with Crippen LogP contribution in [0.2, 0.25) is 0 Å². The molecule has 0 aliphatic carbocycles. The Morgan fingerprint density at radius 2 is 1.70 bits per heavy atom. The molecule has 23 heavy (non-hydrogen) atoms. The van der Waals surface area contributed by atoms with E-state index in [1.165, 1.54) is 11.1 Å². The molecule has 0 fully saturated rings. The van der Waals surface area contributed by atoms with Crippen LogP contribution >= 0.6 is 0 Å². The molecular formula is C19H22N4. The van der Waals surface area contributed by atoms with Gasteiger partial charge in [0.2, 0.25) is 5.95 Å². The van der Waals surface area contributed by atoms with Crippen LogP contribution in [-0.4, -0.2) is 16.0 Å². The predicted molar refractivity (Wildman–Crippen MR) is 97.5 cm³/mol. The summed E-state index contributed by atoms with van der Waals surface area (Å²) in [5.41, 5.74) is 4.45. The van der Waals surface area contributed by atoms with Crippen molar-refractivity contribution in [3.05, 3.63) is 53.6 Å². The SMILES string of the molecule is Cc1ccc(Nc2nc(NC(C)C)c3ccccc3n2)cc1C. The van der Waals surface area contributed by atoms with Crippen molar-refractivity contribution in [3.8, 4) is 0 Å². The van der Waals surface area contributed by atoms with Crippen molar-refractivity contribution < 1.29 is 0 Å². The Hall–Kier alpha value is -2.62. The van der Waals surface area contributed by atoms with Crippen LogP contribution in [0, 0.1) is 13.8 Å². The topological polar surface area (TPSA) is 49.8 Å². The van der Waals surface area contributed by atoms with E-state index in [9.17, 15) is 0 Å². The molecule has 2 N–H and O–H groups in total. The molecule has 0 unspecified atom stereocenters. The van der Waals surface area contributed by atoms with E-state index in [4.69, 9.17) is 0 Å². The summed E-state index contributed by atoms with van der Waals surface area (Å²) in [5.74, 6) is 1.46. The Morgan fingerprint density at radius 1 is 0.913 bits per heavy atom. The fourth-order valence-electron chi connectivity index (χ4n) is 2.46. The number of anilines is 3. The van der Waals surface area contributed by atoms with Gasteiger partial charge in [-0.05, 0) is 63.1 Å². The third-order valence-electron chi connectivity index (χ3n) is 3.79. The Morgan fingerprint density at radius 3 is 2.43 bits per heavy atom. The first-order valence-corrected chi connectivity index (χ1v) is 7.90. The van der Waals surface area contributed by atoms with Crippen LogP contribution in [-0.2, 0) is 0 Å². The lowest BCUT2D eigenvalue weighted by Gasteiger charge is -2.14. The monoisotopic (exact) mass is 306 g/mol. The van der Waals surface area contributed by atoms with E-state index in [1.807, 2.05) is 24.3 Å². The number of rotatable bonds is 4. The van der Waals surface area contributed by atoms with E-state index in [0.717, 1.165) is 22.4 Å². The Kier molecular flexibility index (Phi) is 4.15. The van der Waals surface area contributed by atoms with Gasteiger partial charge >= 0.3 is 0 Å². The van der Waals surface area contributed by atoms with Gasteiger partial charge in [-0.2, -0.15) is 4.98 Å². The first kappa shape index (κ1) is 15.3. The highest BCUT2D eigenvalue weighted by Gasteiger charge is 2.09. The van der Waals surface area contributed by atoms with Gasteiger partial charge in [-0.25, -0.2) is 4.98 Å². The average molecular weight is 306 g/mol. The molecule has 1 heterocycles. The van der Waals surface area contributed by atoms with Crippen LogP contribution in [0.4, 0.5) is 17.5 Å². The number of para-hydroxylation sites is 1.